The second-order valence-corrected chi connectivity index (χ2v) is 8.65. The summed E-state index contributed by atoms with van der Waals surface area (Å²) in [6.07, 6.45) is -3.69. The van der Waals surface area contributed by atoms with Crippen molar-refractivity contribution in [3.8, 4) is 6.07 Å². The van der Waals surface area contributed by atoms with Gasteiger partial charge in [-0.3, -0.25) is 9.59 Å². The highest BCUT2D eigenvalue weighted by molar-refractivity contribution is 5.93. The van der Waals surface area contributed by atoms with Crippen LogP contribution >= 0.6 is 0 Å². The average molecular weight is 461 g/mol. The number of aromatic nitrogens is 1. The quantitative estimate of drug-likeness (QED) is 0.751. The molecule has 2 fully saturated rings. The Labute approximate surface area is 187 Å². The minimum atomic E-state index is -4.64. The van der Waals surface area contributed by atoms with Gasteiger partial charge in [-0.15, -0.1) is 0 Å². The molecule has 2 aliphatic heterocycles. The average Bonchev–Trinajstić information content (AvgIpc) is 3.37. The third-order valence-electron chi connectivity index (χ3n) is 6.68. The van der Waals surface area contributed by atoms with Gasteiger partial charge in [0, 0.05) is 43.3 Å². The number of anilines is 1. The van der Waals surface area contributed by atoms with Gasteiger partial charge < -0.3 is 20.1 Å². The summed E-state index contributed by atoms with van der Waals surface area (Å²) in [6, 6.07) is 6.76. The zero-order valence-corrected chi connectivity index (χ0v) is 17.9. The molecule has 33 heavy (non-hydrogen) atoms. The minimum Gasteiger partial charge on any atom is -0.371 e. The maximum Gasteiger partial charge on any atom is 0.417 e. The van der Waals surface area contributed by atoms with Gasteiger partial charge in [0.15, 0.2) is 5.69 Å². The van der Waals surface area contributed by atoms with Crippen LogP contribution in [-0.2, 0) is 11.0 Å². The van der Waals surface area contributed by atoms with Gasteiger partial charge in [-0.1, -0.05) is 5.16 Å². The summed E-state index contributed by atoms with van der Waals surface area (Å²) in [5.41, 5.74) is 4.22. The van der Waals surface area contributed by atoms with E-state index >= 15 is 0 Å². The van der Waals surface area contributed by atoms with E-state index < -0.39 is 34.5 Å². The largest absolute Gasteiger partial charge is 0.417 e. The van der Waals surface area contributed by atoms with E-state index in [9.17, 15) is 22.8 Å². The first kappa shape index (κ1) is 22.6. The Balaban J connectivity index is 1.53. The third kappa shape index (κ3) is 4.13. The summed E-state index contributed by atoms with van der Waals surface area (Å²) < 4.78 is 45.0. The summed E-state index contributed by atoms with van der Waals surface area (Å²) in [6.45, 7) is 2.91. The monoisotopic (exact) mass is 461 g/mol. The SMILES string of the molecule is Cc1cc(C(=O)N2CC(C(N)=O)C3(CCN(c4ccc(C#N)c(C(F)(F)F)c4)CC3)C2)no1. The predicted octanol–water partition coefficient (Wildman–Crippen LogP) is 2.72. The van der Waals surface area contributed by atoms with Gasteiger partial charge in [-0.05, 0) is 38.0 Å². The second kappa shape index (κ2) is 8.10. The summed E-state index contributed by atoms with van der Waals surface area (Å²) in [4.78, 5) is 28.4. The first-order chi connectivity index (χ1) is 15.5. The van der Waals surface area contributed by atoms with Gasteiger partial charge in [0.1, 0.15) is 5.76 Å². The van der Waals surface area contributed by atoms with Crippen LogP contribution < -0.4 is 10.6 Å². The highest BCUT2D eigenvalue weighted by Gasteiger charge is 2.52. The molecule has 1 spiro atoms. The maximum atomic E-state index is 13.4. The van der Waals surface area contributed by atoms with Crippen molar-refractivity contribution in [3.05, 3.63) is 46.8 Å². The van der Waals surface area contributed by atoms with E-state index in [0.29, 0.717) is 43.9 Å². The molecule has 0 bridgehead atoms. The molecule has 174 valence electrons. The molecule has 2 N–H and O–H groups in total. The van der Waals surface area contributed by atoms with E-state index in [-0.39, 0.29) is 18.1 Å². The van der Waals surface area contributed by atoms with Crippen LogP contribution in [0.4, 0.5) is 18.9 Å². The van der Waals surface area contributed by atoms with E-state index in [1.165, 1.54) is 18.2 Å². The van der Waals surface area contributed by atoms with Gasteiger partial charge in [0.05, 0.1) is 23.1 Å². The van der Waals surface area contributed by atoms with Crippen molar-refractivity contribution in [2.75, 3.05) is 31.1 Å². The van der Waals surface area contributed by atoms with E-state index in [2.05, 4.69) is 5.16 Å². The zero-order valence-electron chi connectivity index (χ0n) is 17.9. The van der Waals surface area contributed by atoms with Crippen LogP contribution in [0.15, 0.2) is 28.8 Å². The number of benzene rings is 1. The van der Waals surface area contributed by atoms with Crippen LogP contribution in [0.5, 0.6) is 0 Å². The number of nitriles is 1. The van der Waals surface area contributed by atoms with Crippen molar-refractivity contribution in [1.29, 1.82) is 5.26 Å². The molecule has 0 saturated carbocycles. The number of hydrogen-bond acceptors (Lipinski definition) is 6. The lowest BCUT2D eigenvalue weighted by Gasteiger charge is -2.42. The molecule has 8 nitrogen and oxygen atoms in total. The molecule has 4 rings (SSSR count). The topological polar surface area (TPSA) is 116 Å². The normalized spacial score (nSPS) is 20.2. The predicted molar refractivity (Wildman–Crippen MR) is 110 cm³/mol. The van der Waals surface area contributed by atoms with Crippen LogP contribution in [0.25, 0.3) is 0 Å². The number of nitrogens with zero attached hydrogens (tertiary/aromatic N) is 4. The maximum absolute atomic E-state index is 13.4. The Morgan fingerprint density at radius 2 is 1.97 bits per heavy atom. The molecule has 2 amide bonds. The Kier molecular flexibility index (Phi) is 5.56. The number of likely N-dealkylation sites (tertiary alicyclic amines) is 1. The lowest BCUT2D eigenvalue weighted by atomic mass is 9.70. The van der Waals surface area contributed by atoms with Crippen molar-refractivity contribution in [2.24, 2.45) is 17.1 Å². The fourth-order valence-electron chi connectivity index (χ4n) is 4.92. The molecule has 0 radical (unpaired) electrons. The van der Waals surface area contributed by atoms with Crippen LogP contribution in [-0.4, -0.2) is 48.0 Å². The molecule has 1 aromatic heterocycles. The Bertz CT molecular complexity index is 1130. The summed E-state index contributed by atoms with van der Waals surface area (Å²) >= 11 is 0. The Hall–Kier alpha value is -3.55. The lowest BCUT2D eigenvalue weighted by Crippen LogP contribution is -2.47. The van der Waals surface area contributed by atoms with E-state index in [0.717, 1.165) is 6.07 Å². The zero-order chi connectivity index (χ0) is 24.0. The standard InChI is InChI=1S/C22H22F3N5O3/c1-13-8-18(28-33-13)20(32)30-11-17(19(27)31)21(12-30)4-6-29(7-5-21)15-3-2-14(10-26)16(9-15)22(23,24)25/h2-3,8-9,17H,4-7,11-12H2,1H3,(H2,27,31). The number of nitrogens with two attached hydrogens (primary N) is 1. The Morgan fingerprint density at radius 3 is 2.52 bits per heavy atom. The van der Waals surface area contributed by atoms with Crippen molar-refractivity contribution in [2.45, 2.75) is 25.9 Å². The number of hydrogen-bond donors (Lipinski definition) is 1. The highest BCUT2D eigenvalue weighted by atomic mass is 19.4. The number of alkyl halides is 3. The summed E-state index contributed by atoms with van der Waals surface area (Å²) in [7, 11) is 0. The molecule has 2 aromatic rings. The number of primary amides is 1. The Morgan fingerprint density at radius 1 is 1.27 bits per heavy atom. The third-order valence-corrected chi connectivity index (χ3v) is 6.68. The molecule has 1 atom stereocenters. The molecule has 2 saturated heterocycles. The first-order valence-corrected chi connectivity index (χ1v) is 10.4. The van der Waals surface area contributed by atoms with Gasteiger partial charge >= 0.3 is 6.18 Å². The van der Waals surface area contributed by atoms with Crippen LogP contribution in [0.3, 0.4) is 0 Å². The molecule has 0 aliphatic carbocycles. The molecular formula is C22H22F3N5O3. The first-order valence-electron chi connectivity index (χ1n) is 10.4. The number of aryl methyl sites for hydroxylation is 1. The smallest absolute Gasteiger partial charge is 0.371 e. The van der Waals surface area contributed by atoms with Crippen molar-refractivity contribution in [1.82, 2.24) is 10.1 Å². The van der Waals surface area contributed by atoms with Gasteiger partial charge in [0.2, 0.25) is 5.91 Å². The number of piperidine rings is 1. The molecule has 1 aromatic carbocycles. The second-order valence-electron chi connectivity index (χ2n) is 8.65. The molecule has 11 heteroatoms. The molecule has 1 unspecified atom stereocenters. The van der Waals surface area contributed by atoms with Gasteiger partial charge in [-0.2, -0.15) is 18.4 Å². The van der Waals surface area contributed by atoms with Crippen molar-refractivity contribution >= 4 is 17.5 Å². The van der Waals surface area contributed by atoms with Gasteiger partial charge in [0.25, 0.3) is 5.91 Å². The van der Waals surface area contributed by atoms with E-state index in [4.69, 9.17) is 15.5 Å². The number of carbonyl (C=O) groups is 2. The fraction of sp³-hybridized carbons (Fsp3) is 0.455. The molecule has 2 aliphatic rings. The lowest BCUT2D eigenvalue weighted by molar-refractivity contribution is -0.137. The van der Waals surface area contributed by atoms with Gasteiger partial charge in [-0.25, -0.2) is 0 Å². The number of carbonyl (C=O) groups excluding carboxylic acids is 2. The van der Waals surface area contributed by atoms with Crippen LogP contribution in [0, 0.1) is 29.6 Å². The van der Waals surface area contributed by atoms with Crippen molar-refractivity contribution < 1.29 is 27.3 Å². The molecule has 3 heterocycles. The molecular weight excluding hydrogens is 439 g/mol. The van der Waals surface area contributed by atoms with E-state index in [1.54, 1.807) is 22.8 Å². The summed E-state index contributed by atoms with van der Waals surface area (Å²) in [5, 5.41) is 12.8. The number of amides is 2. The number of halogens is 3. The fourth-order valence-corrected chi connectivity index (χ4v) is 4.92. The number of rotatable bonds is 3. The highest BCUT2D eigenvalue weighted by Crippen LogP contribution is 2.46. The summed E-state index contributed by atoms with van der Waals surface area (Å²) in [5.74, 6) is -0.928. The van der Waals surface area contributed by atoms with Crippen molar-refractivity contribution in [3.63, 3.8) is 0 Å². The van der Waals surface area contributed by atoms with Crippen LogP contribution in [0.2, 0.25) is 0 Å². The van der Waals surface area contributed by atoms with Crippen LogP contribution in [0.1, 0.15) is 40.2 Å². The minimum absolute atomic E-state index is 0.155. The van der Waals surface area contributed by atoms with E-state index in [1.807, 2.05) is 0 Å².